The second-order valence-electron chi connectivity index (χ2n) is 3.96. The van der Waals surface area contributed by atoms with Gasteiger partial charge in [0.2, 0.25) is 0 Å². The van der Waals surface area contributed by atoms with E-state index in [1.807, 2.05) is 10.9 Å². The van der Waals surface area contributed by atoms with Gasteiger partial charge in [-0.05, 0) is 17.5 Å². The van der Waals surface area contributed by atoms with Gasteiger partial charge < -0.3 is 4.74 Å². The average Bonchev–Trinajstić information content (AvgIpc) is 2.81. The number of hydrogen-bond acceptors (Lipinski definition) is 3. The number of ether oxygens (including phenoxy) is 1. The van der Waals surface area contributed by atoms with Gasteiger partial charge in [-0.15, -0.1) is 11.3 Å². The molecule has 0 amide bonds. The van der Waals surface area contributed by atoms with Gasteiger partial charge >= 0.3 is 0 Å². The lowest BCUT2D eigenvalue weighted by atomic mass is 9.98. The van der Waals surface area contributed by atoms with Crippen molar-refractivity contribution in [3.63, 3.8) is 0 Å². The van der Waals surface area contributed by atoms with Gasteiger partial charge in [0, 0.05) is 10.9 Å². The molecule has 0 unspecified atom stereocenters. The molecule has 0 saturated carbocycles. The van der Waals surface area contributed by atoms with Crippen molar-refractivity contribution < 1.29 is 4.74 Å². The van der Waals surface area contributed by atoms with Gasteiger partial charge in [0.05, 0.1) is 18.3 Å². The summed E-state index contributed by atoms with van der Waals surface area (Å²) in [6.45, 7) is 4.34. The Morgan fingerprint density at radius 1 is 1.31 bits per heavy atom. The number of para-hydroxylation sites is 1. The van der Waals surface area contributed by atoms with Crippen LogP contribution in [0.3, 0.4) is 0 Å². The van der Waals surface area contributed by atoms with Crippen LogP contribution in [0.1, 0.15) is 25.3 Å². The zero-order valence-corrected chi connectivity index (χ0v) is 10.5. The Morgan fingerprint density at radius 3 is 2.69 bits per heavy atom. The highest BCUT2D eigenvalue weighted by molar-refractivity contribution is 7.07. The summed E-state index contributed by atoms with van der Waals surface area (Å²) in [4.78, 5) is 4.33. The average molecular weight is 233 g/mol. The van der Waals surface area contributed by atoms with Crippen LogP contribution in [-0.4, -0.2) is 12.1 Å². The molecule has 2 nitrogen and oxygen atoms in total. The molecular formula is C13H15NOS. The lowest BCUT2D eigenvalue weighted by molar-refractivity contribution is 0.409. The minimum Gasteiger partial charge on any atom is -0.496 e. The van der Waals surface area contributed by atoms with Gasteiger partial charge in [-0.3, -0.25) is 0 Å². The fraction of sp³-hybridized carbons (Fsp3) is 0.308. The summed E-state index contributed by atoms with van der Waals surface area (Å²) in [5.74, 6) is 1.40. The van der Waals surface area contributed by atoms with Crippen LogP contribution in [0.4, 0.5) is 0 Å². The summed E-state index contributed by atoms with van der Waals surface area (Å²) in [6.07, 6.45) is 0. The summed E-state index contributed by atoms with van der Waals surface area (Å²) in [5, 5.41) is 2.04. The molecule has 1 aromatic heterocycles. The Hall–Kier alpha value is -1.35. The van der Waals surface area contributed by atoms with Crippen molar-refractivity contribution in [1.82, 2.24) is 4.98 Å². The monoisotopic (exact) mass is 233 g/mol. The second kappa shape index (κ2) is 4.66. The topological polar surface area (TPSA) is 22.1 Å². The molecule has 0 fully saturated rings. The highest BCUT2D eigenvalue weighted by Gasteiger charge is 2.13. The molecule has 0 N–H and O–H groups in total. The van der Waals surface area contributed by atoms with E-state index in [0.717, 1.165) is 17.0 Å². The van der Waals surface area contributed by atoms with Crippen molar-refractivity contribution in [3.05, 3.63) is 34.7 Å². The third-order valence-corrected chi connectivity index (χ3v) is 3.17. The highest BCUT2D eigenvalue weighted by Crippen LogP contribution is 2.36. The summed E-state index contributed by atoms with van der Waals surface area (Å²) in [6, 6.07) is 6.23. The maximum Gasteiger partial charge on any atom is 0.131 e. The van der Waals surface area contributed by atoms with Gasteiger partial charge in [0.15, 0.2) is 0 Å². The minimum atomic E-state index is 0.452. The van der Waals surface area contributed by atoms with Crippen molar-refractivity contribution >= 4 is 11.3 Å². The summed E-state index contributed by atoms with van der Waals surface area (Å²) in [5.41, 5.74) is 5.14. The van der Waals surface area contributed by atoms with Crippen LogP contribution in [0.2, 0.25) is 0 Å². The van der Waals surface area contributed by atoms with E-state index < -0.39 is 0 Å². The van der Waals surface area contributed by atoms with Gasteiger partial charge in [0.25, 0.3) is 0 Å². The third kappa shape index (κ3) is 1.95. The lowest BCUT2D eigenvalue weighted by Crippen LogP contribution is -1.96. The SMILES string of the molecule is COc1c(-c2cscn2)cccc1C(C)C. The first kappa shape index (κ1) is 11.1. The van der Waals surface area contributed by atoms with E-state index in [1.165, 1.54) is 5.56 Å². The number of aromatic nitrogens is 1. The molecular weight excluding hydrogens is 218 g/mol. The second-order valence-corrected chi connectivity index (χ2v) is 4.68. The first-order chi connectivity index (χ1) is 7.74. The van der Waals surface area contributed by atoms with Crippen molar-refractivity contribution in [2.75, 3.05) is 7.11 Å². The molecule has 0 radical (unpaired) electrons. The first-order valence-corrected chi connectivity index (χ1v) is 6.23. The molecule has 0 saturated heterocycles. The van der Waals surface area contributed by atoms with Gasteiger partial charge in [-0.2, -0.15) is 0 Å². The van der Waals surface area contributed by atoms with Crippen LogP contribution in [0, 0.1) is 0 Å². The Balaban J connectivity index is 2.58. The van der Waals surface area contributed by atoms with E-state index in [4.69, 9.17) is 4.74 Å². The number of thiazole rings is 1. The molecule has 16 heavy (non-hydrogen) atoms. The Labute approximate surface area is 99.9 Å². The van der Waals surface area contributed by atoms with Crippen LogP contribution >= 0.6 is 11.3 Å². The lowest BCUT2D eigenvalue weighted by Gasteiger charge is -2.14. The van der Waals surface area contributed by atoms with Crippen LogP contribution in [0.25, 0.3) is 11.3 Å². The number of rotatable bonds is 3. The highest BCUT2D eigenvalue weighted by atomic mass is 32.1. The molecule has 0 bridgehead atoms. The summed E-state index contributed by atoms with van der Waals surface area (Å²) < 4.78 is 5.53. The van der Waals surface area contributed by atoms with E-state index in [1.54, 1.807) is 18.4 Å². The molecule has 1 aromatic carbocycles. The number of nitrogens with zero attached hydrogens (tertiary/aromatic N) is 1. The van der Waals surface area contributed by atoms with E-state index in [0.29, 0.717) is 5.92 Å². The normalized spacial score (nSPS) is 10.8. The van der Waals surface area contributed by atoms with Crippen molar-refractivity contribution in [3.8, 4) is 17.0 Å². The van der Waals surface area contributed by atoms with Gasteiger partial charge in [-0.25, -0.2) is 4.98 Å². The summed E-state index contributed by atoms with van der Waals surface area (Å²) in [7, 11) is 1.72. The molecule has 0 atom stereocenters. The van der Waals surface area contributed by atoms with Gasteiger partial charge in [0.1, 0.15) is 5.75 Å². The molecule has 0 aliphatic carbocycles. The zero-order chi connectivity index (χ0) is 11.5. The fourth-order valence-corrected chi connectivity index (χ4v) is 2.34. The van der Waals surface area contributed by atoms with Crippen LogP contribution in [-0.2, 0) is 0 Å². The Morgan fingerprint density at radius 2 is 2.12 bits per heavy atom. The van der Waals surface area contributed by atoms with Crippen LogP contribution in [0.5, 0.6) is 5.75 Å². The number of methoxy groups -OCH3 is 1. The van der Waals surface area contributed by atoms with E-state index >= 15 is 0 Å². The molecule has 1 heterocycles. The van der Waals surface area contributed by atoms with Crippen molar-refractivity contribution in [2.45, 2.75) is 19.8 Å². The molecule has 3 heteroatoms. The van der Waals surface area contributed by atoms with Gasteiger partial charge in [-0.1, -0.05) is 26.0 Å². The van der Waals surface area contributed by atoms with Crippen LogP contribution < -0.4 is 4.74 Å². The maximum atomic E-state index is 5.53. The van der Waals surface area contributed by atoms with Crippen molar-refractivity contribution in [2.24, 2.45) is 0 Å². The minimum absolute atomic E-state index is 0.452. The number of benzene rings is 1. The van der Waals surface area contributed by atoms with E-state index in [-0.39, 0.29) is 0 Å². The Bertz CT molecular complexity index is 463. The maximum absolute atomic E-state index is 5.53. The molecule has 84 valence electrons. The zero-order valence-electron chi connectivity index (χ0n) is 9.73. The number of hydrogen-bond donors (Lipinski definition) is 0. The quantitative estimate of drug-likeness (QED) is 0.801. The fourth-order valence-electron chi connectivity index (χ4n) is 1.78. The molecule has 0 aliphatic heterocycles. The van der Waals surface area contributed by atoms with Crippen LogP contribution in [0.15, 0.2) is 29.1 Å². The predicted molar refractivity (Wildman–Crippen MR) is 68.2 cm³/mol. The summed E-state index contributed by atoms with van der Waals surface area (Å²) >= 11 is 1.60. The predicted octanol–water partition coefficient (Wildman–Crippen LogP) is 3.94. The Kier molecular flexibility index (Phi) is 3.25. The van der Waals surface area contributed by atoms with Crippen molar-refractivity contribution in [1.29, 1.82) is 0 Å². The molecule has 0 spiro atoms. The first-order valence-electron chi connectivity index (χ1n) is 5.29. The third-order valence-electron chi connectivity index (χ3n) is 2.58. The van der Waals surface area contributed by atoms with E-state index in [2.05, 4.69) is 37.0 Å². The molecule has 2 aromatic rings. The smallest absolute Gasteiger partial charge is 0.131 e. The largest absolute Gasteiger partial charge is 0.496 e. The molecule has 0 aliphatic rings. The standard InChI is InChI=1S/C13H15NOS/c1-9(2)10-5-4-6-11(13(10)15-3)12-7-16-8-14-12/h4-9H,1-3H3. The van der Waals surface area contributed by atoms with E-state index in [9.17, 15) is 0 Å². The molecule has 2 rings (SSSR count).